The van der Waals surface area contributed by atoms with Gasteiger partial charge in [0.05, 0.1) is 0 Å². The molecule has 3 aliphatic heterocycles. The van der Waals surface area contributed by atoms with Crippen molar-refractivity contribution in [2.45, 2.75) is 105 Å². The van der Waals surface area contributed by atoms with Gasteiger partial charge in [-0.15, -0.1) is 0 Å². The largest absolute Gasteiger partial charge is 0.369 e. The van der Waals surface area contributed by atoms with Gasteiger partial charge in [-0.2, -0.15) is 0 Å². The highest BCUT2D eigenvalue weighted by Crippen LogP contribution is 2.25. The fourth-order valence-corrected chi connectivity index (χ4v) is 7.15. The first kappa shape index (κ1) is 34.0. The lowest BCUT2D eigenvalue weighted by Gasteiger charge is -2.40. The second-order valence-electron chi connectivity index (χ2n) is 14.6. The van der Waals surface area contributed by atoms with Crippen molar-refractivity contribution in [2.24, 2.45) is 11.8 Å². The molecule has 0 atom stereocenters. The van der Waals surface area contributed by atoms with Gasteiger partial charge < -0.3 is 9.80 Å². The summed E-state index contributed by atoms with van der Waals surface area (Å²) >= 11 is 0. The summed E-state index contributed by atoms with van der Waals surface area (Å²) in [6, 6.07) is 19.0. The normalized spacial score (nSPS) is 20.2. The molecule has 2 aromatic carbocycles. The third-order valence-corrected chi connectivity index (χ3v) is 10.5. The topological polar surface area (TPSA) is 13.0 Å². The van der Waals surface area contributed by atoms with Crippen LogP contribution in [0.5, 0.6) is 0 Å². The molecule has 0 amide bonds. The Kier molecular flexibility index (Phi) is 13.4. The highest BCUT2D eigenvalue weighted by Gasteiger charge is 2.25. The minimum Gasteiger partial charge on any atom is -0.369 e. The first-order valence-electron chi connectivity index (χ1n) is 17.8. The van der Waals surface area contributed by atoms with E-state index in [1.54, 1.807) is 0 Å². The molecule has 3 fully saturated rings. The lowest BCUT2D eigenvalue weighted by Crippen LogP contribution is -2.49. The summed E-state index contributed by atoms with van der Waals surface area (Å²) in [6.07, 6.45) is 6.90. The number of piperazine rings is 1. The second-order valence-corrected chi connectivity index (χ2v) is 14.6. The lowest BCUT2D eigenvalue weighted by atomic mass is 9.94. The molecular weight excluding hydrogens is 524 g/mol. The van der Waals surface area contributed by atoms with Crippen LogP contribution in [0.1, 0.15) is 109 Å². The summed E-state index contributed by atoms with van der Waals surface area (Å²) < 4.78 is 0. The van der Waals surface area contributed by atoms with Crippen molar-refractivity contribution in [3.8, 4) is 0 Å². The maximum atomic E-state index is 2.71. The third kappa shape index (κ3) is 10.6. The summed E-state index contributed by atoms with van der Waals surface area (Å²) in [7, 11) is 0. The molecule has 3 heterocycles. The summed E-state index contributed by atoms with van der Waals surface area (Å²) in [5.41, 5.74) is 5.82. The number of rotatable bonds is 9. The zero-order chi connectivity index (χ0) is 30.8. The molecule has 0 radical (unpaired) electrons. The van der Waals surface area contributed by atoms with Crippen molar-refractivity contribution in [1.29, 1.82) is 0 Å². The van der Waals surface area contributed by atoms with Crippen LogP contribution >= 0.6 is 0 Å². The number of anilines is 1. The summed E-state index contributed by atoms with van der Waals surface area (Å²) in [4.78, 5) is 10.5. The van der Waals surface area contributed by atoms with Gasteiger partial charge in [0.2, 0.25) is 0 Å². The predicted molar refractivity (Wildman–Crippen MR) is 187 cm³/mol. The Morgan fingerprint density at radius 2 is 1.21 bits per heavy atom. The molecule has 0 aromatic heterocycles. The van der Waals surface area contributed by atoms with E-state index in [4.69, 9.17) is 0 Å². The van der Waals surface area contributed by atoms with E-state index in [1.807, 2.05) is 0 Å². The van der Waals surface area contributed by atoms with E-state index >= 15 is 0 Å². The molecular formula is C39H64N4. The lowest BCUT2D eigenvalue weighted by molar-refractivity contribution is 0.119. The molecule has 4 nitrogen and oxygen atoms in total. The van der Waals surface area contributed by atoms with Crippen molar-refractivity contribution in [1.82, 2.24) is 14.7 Å². The quantitative estimate of drug-likeness (QED) is 0.291. The zero-order valence-corrected chi connectivity index (χ0v) is 28.9. The van der Waals surface area contributed by atoms with Crippen LogP contribution in [0.2, 0.25) is 0 Å². The molecule has 0 N–H and O–H groups in total. The Morgan fingerprint density at radius 1 is 0.628 bits per heavy atom. The maximum absolute atomic E-state index is 2.71. The SMILES string of the molecule is CC(C)c1cccc(N2CCN(CC3CCN(C(C)C)CC3)CC2)c1.CCC1CCN(Cc2cccc(C(C)C)c2)CC1. The molecule has 3 aliphatic rings. The van der Waals surface area contributed by atoms with Crippen molar-refractivity contribution in [2.75, 3.05) is 63.8 Å². The van der Waals surface area contributed by atoms with Gasteiger partial charge in [-0.05, 0) is 118 Å². The highest BCUT2D eigenvalue weighted by molar-refractivity contribution is 5.49. The number of nitrogens with zero attached hydrogens (tertiary/aromatic N) is 4. The van der Waals surface area contributed by atoms with E-state index in [-0.39, 0.29) is 0 Å². The molecule has 2 aromatic rings. The Hall–Kier alpha value is -1.88. The Morgan fingerprint density at radius 3 is 1.79 bits per heavy atom. The van der Waals surface area contributed by atoms with Crippen LogP contribution in [0.25, 0.3) is 0 Å². The summed E-state index contributed by atoms with van der Waals surface area (Å²) in [5, 5.41) is 0. The average molecular weight is 589 g/mol. The molecule has 0 bridgehead atoms. The second kappa shape index (κ2) is 17.0. The number of benzene rings is 2. The summed E-state index contributed by atoms with van der Waals surface area (Å²) in [5.74, 6) is 3.13. The van der Waals surface area contributed by atoms with Gasteiger partial charge in [0.1, 0.15) is 0 Å². The highest BCUT2D eigenvalue weighted by atomic mass is 15.3. The first-order valence-corrected chi connectivity index (χ1v) is 17.8. The molecule has 43 heavy (non-hydrogen) atoms. The van der Waals surface area contributed by atoms with Gasteiger partial charge in [-0.3, -0.25) is 9.80 Å². The average Bonchev–Trinajstić information content (AvgIpc) is 3.02. The molecule has 3 saturated heterocycles. The minimum atomic E-state index is 0.609. The fraction of sp³-hybridized carbons (Fsp3) is 0.692. The van der Waals surface area contributed by atoms with Crippen molar-refractivity contribution in [3.63, 3.8) is 0 Å². The minimum absolute atomic E-state index is 0.609. The molecule has 5 rings (SSSR count). The fourth-order valence-electron chi connectivity index (χ4n) is 7.15. The van der Waals surface area contributed by atoms with Crippen LogP contribution in [0.4, 0.5) is 5.69 Å². The molecule has 0 unspecified atom stereocenters. The molecule has 0 spiro atoms. The van der Waals surface area contributed by atoms with Crippen LogP contribution < -0.4 is 4.90 Å². The number of piperidine rings is 2. The number of likely N-dealkylation sites (tertiary alicyclic amines) is 2. The van der Waals surface area contributed by atoms with Gasteiger partial charge in [-0.25, -0.2) is 0 Å². The standard InChI is InChI=1S/C22H37N3.C17H27N/c1-18(2)21-6-5-7-22(16-21)25-14-12-23(13-15-25)17-20-8-10-24(11-9-20)19(3)4;1-4-15-8-10-18(11-9-15)13-16-6-5-7-17(12-16)14(2)3/h5-7,16,18-20H,8-15,17H2,1-4H3;5-7,12,14-15H,4,8-11,13H2,1-3H3. The third-order valence-electron chi connectivity index (χ3n) is 10.5. The van der Waals surface area contributed by atoms with Crippen molar-refractivity contribution >= 4 is 5.69 Å². The molecule has 0 saturated carbocycles. The van der Waals surface area contributed by atoms with Gasteiger partial charge in [0, 0.05) is 51.0 Å². The van der Waals surface area contributed by atoms with Crippen LogP contribution in [0.3, 0.4) is 0 Å². The van der Waals surface area contributed by atoms with Crippen LogP contribution in [-0.2, 0) is 6.54 Å². The monoisotopic (exact) mass is 589 g/mol. The molecule has 4 heteroatoms. The van der Waals surface area contributed by atoms with E-state index in [0.29, 0.717) is 17.9 Å². The Bertz CT molecular complexity index is 1050. The van der Waals surface area contributed by atoms with E-state index in [1.165, 1.54) is 113 Å². The van der Waals surface area contributed by atoms with Crippen LogP contribution in [0, 0.1) is 11.8 Å². The van der Waals surface area contributed by atoms with Gasteiger partial charge >= 0.3 is 0 Å². The molecule has 0 aliphatic carbocycles. The van der Waals surface area contributed by atoms with Crippen LogP contribution in [-0.4, -0.2) is 79.6 Å². The van der Waals surface area contributed by atoms with Gasteiger partial charge in [0.15, 0.2) is 0 Å². The Balaban J connectivity index is 0.000000208. The van der Waals surface area contributed by atoms with Crippen LogP contribution in [0.15, 0.2) is 48.5 Å². The number of hydrogen-bond acceptors (Lipinski definition) is 4. The Labute approximate surface area is 265 Å². The van der Waals surface area contributed by atoms with E-state index < -0.39 is 0 Å². The predicted octanol–water partition coefficient (Wildman–Crippen LogP) is 8.48. The van der Waals surface area contributed by atoms with E-state index in [0.717, 1.165) is 18.4 Å². The maximum Gasteiger partial charge on any atom is 0.0369 e. The first-order chi connectivity index (χ1) is 20.7. The summed E-state index contributed by atoms with van der Waals surface area (Å²) in [6.45, 7) is 28.5. The molecule has 240 valence electrons. The van der Waals surface area contributed by atoms with Gasteiger partial charge in [-0.1, -0.05) is 77.4 Å². The number of hydrogen-bond donors (Lipinski definition) is 0. The van der Waals surface area contributed by atoms with E-state index in [9.17, 15) is 0 Å². The van der Waals surface area contributed by atoms with Crippen molar-refractivity contribution in [3.05, 3.63) is 65.2 Å². The van der Waals surface area contributed by atoms with Crippen molar-refractivity contribution < 1.29 is 0 Å². The van der Waals surface area contributed by atoms with E-state index in [2.05, 4.69) is 117 Å². The zero-order valence-electron chi connectivity index (χ0n) is 28.9. The van der Waals surface area contributed by atoms with Gasteiger partial charge in [0.25, 0.3) is 0 Å². The smallest absolute Gasteiger partial charge is 0.0369 e.